The summed E-state index contributed by atoms with van der Waals surface area (Å²) in [5.41, 5.74) is 0.740. The molecule has 0 saturated heterocycles. The summed E-state index contributed by atoms with van der Waals surface area (Å²) in [4.78, 5) is 0. The van der Waals surface area contributed by atoms with Gasteiger partial charge in [-0.2, -0.15) is 0 Å². The Morgan fingerprint density at radius 3 is 2.19 bits per heavy atom. The number of azo groups is 1. The molecule has 0 aromatic carbocycles. The predicted octanol–water partition coefficient (Wildman–Crippen LogP) is 1.18. The summed E-state index contributed by atoms with van der Waals surface area (Å²) in [7, 11) is 7.65. The van der Waals surface area contributed by atoms with Gasteiger partial charge in [-0.05, 0) is 0 Å². The van der Waals surface area contributed by atoms with E-state index >= 15 is 0 Å². The molecule has 8 nitrogen and oxygen atoms in total. The van der Waals surface area contributed by atoms with Crippen molar-refractivity contribution in [2.75, 3.05) is 0 Å². The number of hydrogen-bond acceptors (Lipinski definition) is 3. The third-order valence-electron chi connectivity index (χ3n) is 2.86. The second kappa shape index (κ2) is 6.78. The summed E-state index contributed by atoms with van der Waals surface area (Å²) < 4.78 is 7.52. The van der Waals surface area contributed by atoms with Gasteiger partial charge < -0.3 is 9.13 Å². The summed E-state index contributed by atoms with van der Waals surface area (Å²) in [6, 6.07) is 0. The molecule has 0 saturated carbocycles. The number of rotatable bonds is 2. The van der Waals surface area contributed by atoms with E-state index in [0.29, 0.717) is 5.84 Å². The molecule has 0 N–H and O–H groups in total. The van der Waals surface area contributed by atoms with Crippen LogP contribution in [0.1, 0.15) is 14.4 Å². The first kappa shape index (κ1) is 16.5. The third-order valence-corrected chi connectivity index (χ3v) is 2.86. The lowest BCUT2D eigenvalue weighted by Crippen LogP contribution is -2.25. The highest BCUT2D eigenvalue weighted by Crippen LogP contribution is 2.03. The van der Waals surface area contributed by atoms with Crippen LogP contribution in [0.3, 0.4) is 0 Å². The second-order valence-corrected chi connectivity index (χ2v) is 4.59. The van der Waals surface area contributed by atoms with Crippen LogP contribution in [0.25, 0.3) is 0 Å². The van der Waals surface area contributed by atoms with Crippen molar-refractivity contribution in [2.45, 2.75) is 14.4 Å². The van der Waals surface area contributed by atoms with Gasteiger partial charge in [0.25, 0.3) is 0 Å². The van der Waals surface area contributed by atoms with Crippen LogP contribution >= 0.6 is 0 Å². The number of aryl methyl sites for hydroxylation is 4. The molecule has 0 aliphatic carbocycles. The fourth-order valence-electron chi connectivity index (χ4n) is 1.70. The van der Waals surface area contributed by atoms with Crippen molar-refractivity contribution in [2.24, 2.45) is 48.6 Å². The molecule has 2 rings (SSSR count). The van der Waals surface area contributed by atoms with E-state index in [1.54, 1.807) is 6.92 Å². The van der Waals surface area contributed by atoms with Gasteiger partial charge in [0.05, 0.1) is 26.5 Å². The Labute approximate surface area is 124 Å². The quantitative estimate of drug-likeness (QED) is 0.262. The number of nitrogens with zero attached hydrogens (tertiary/aromatic N) is 8. The topological polar surface area (TPSA) is 68.1 Å². The summed E-state index contributed by atoms with van der Waals surface area (Å²) in [5.74, 6) is 1.23. The molecule has 21 heavy (non-hydrogen) atoms. The van der Waals surface area contributed by atoms with Crippen molar-refractivity contribution in [3.63, 3.8) is 0 Å². The molecule has 2 aromatic heterocycles. The van der Waals surface area contributed by atoms with Gasteiger partial charge in [-0.3, -0.25) is 0 Å². The highest BCUT2D eigenvalue weighted by Gasteiger charge is 2.10. The smallest absolute Gasteiger partial charge is 0.319 e. The van der Waals surface area contributed by atoms with E-state index < -0.39 is 0 Å². The maximum atomic E-state index is 4.16. The predicted molar refractivity (Wildman–Crippen MR) is 80.9 cm³/mol. The van der Waals surface area contributed by atoms with Crippen molar-refractivity contribution in [3.05, 3.63) is 30.4 Å². The van der Waals surface area contributed by atoms with E-state index in [1.165, 1.54) is 0 Å². The molecule has 0 atom stereocenters. The van der Waals surface area contributed by atoms with Crippen LogP contribution in [-0.2, 0) is 28.2 Å². The molecular formula is C13H23N8+. The average molecular weight is 291 g/mol. The van der Waals surface area contributed by atoms with Crippen LogP contribution in [0.2, 0.25) is 0 Å². The maximum absolute atomic E-state index is 4.16. The van der Waals surface area contributed by atoms with Crippen molar-refractivity contribution in [1.82, 2.24) is 13.7 Å². The first-order valence-corrected chi connectivity index (χ1v) is 6.18. The molecule has 0 radical (unpaired) electrons. The largest absolute Gasteiger partial charge is 0.421 e. The molecule has 0 bridgehead atoms. The highest BCUT2D eigenvalue weighted by atomic mass is 15.4. The first-order chi connectivity index (χ1) is 9.49. The first-order valence-electron chi connectivity index (χ1n) is 6.18. The molecule has 8 heteroatoms. The second-order valence-electron chi connectivity index (χ2n) is 4.59. The number of hydrogen-bond donors (Lipinski definition) is 0. The van der Waals surface area contributed by atoms with Crippen LogP contribution in [0.15, 0.2) is 45.2 Å². The number of aromatic nitrogens is 4. The van der Waals surface area contributed by atoms with Crippen LogP contribution in [-0.4, -0.2) is 19.5 Å². The lowest BCUT2D eigenvalue weighted by molar-refractivity contribution is -0.657. The van der Waals surface area contributed by atoms with Crippen LogP contribution in [0, 0.1) is 0 Å². The van der Waals surface area contributed by atoms with Crippen molar-refractivity contribution < 1.29 is 4.57 Å². The highest BCUT2D eigenvalue weighted by molar-refractivity contribution is 5.79. The molecule has 0 aliphatic heterocycles. The lowest BCUT2D eigenvalue weighted by atomic mass is 10.7. The summed E-state index contributed by atoms with van der Waals surface area (Å²) >= 11 is 0. The summed E-state index contributed by atoms with van der Waals surface area (Å²) in [5, 5.41) is 16.4. The summed E-state index contributed by atoms with van der Waals surface area (Å²) in [6.07, 6.45) is 7.65. The molecule has 0 spiro atoms. The van der Waals surface area contributed by atoms with Gasteiger partial charge in [0.1, 0.15) is 0 Å². The zero-order chi connectivity index (χ0) is 14.7. The van der Waals surface area contributed by atoms with Crippen LogP contribution < -0.4 is 10.2 Å². The number of imidazole rings is 2. The SMILES string of the molecule is C.C/C(N=Nc1n(C)cc[n+]1C)=N\N=c1n(C)ccn1C. The van der Waals surface area contributed by atoms with E-state index in [9.17, 15) is 0 Å². The minimum atomic E-state index is 0. The van der Waals surface area contributed by atoms with Gasteiger partial charge in [0, 0.05) is 38.5 Å². The van der Waals surface area contributed by atoms with Crippen molar-refractivity contribution >= 4 is 11.8 Å². The Hall–Kier alpha value is -2.51. The van der Waals surface area contributed by atoms with E-state index in [-0.39, 0.29) is 7.43 Å². The van der Waals surface area contributed by atoms with Gasteiger partial charge in [0.2, 0.25) is 5.62 Å². The van der Waals surface area contributed by atoms with Gasteiger partial charge in [-0.25, -0.2) is 9.13 Å². The Balaban J connectivity index is 0.00000220. The molecule has 0 amide bonds. The monoisotopic (exact) mass is 291 g/mol. The van der Waals surface area contributed by atoms with Gasteiger partial charge in [0.15, 0.2) is 5.84 Å². The van der Waals surface area contributed by atoms with E-state index in [0.717, 1.165) is 11.6 Å². The molecule has 0 fully saturated rings. The average Bonchev–Trinajstić information content (AvgIpc) is 2.89. The Morgan fingerprint density at radius 2 is 1.67 bits per heavy atom. The Bertz CT molecular complexity index is 684. The lowest BCUT2D eigenvalue weighted by Gasteiger charge is -1.91. The Kier molecular flexibility index (Phi) is 5.34. The standard InChI is InChI=1S/C12H19N8.CH4/c1-10(13-15-11-17(2)6-7-18(11)3)14-16-12-19(4)8-9-20(12)5;/h6-9H,1-5H3;1H4/q+1;. The molecule has 0 unspecified atom stereocenters. The van der Waals surface area contributed by atoms with Crippen molar-refractivity contribution in [1.29, 1.82) is 0 Å². The fraction of sp³-hybridized carbons (Fsp3) is 0.462. The van der Waals surface area contributed by atoms with Crippen molar-refractivity contribution in [3.8, 4) is 0 Å². The molecule has 114 valence electrons. The maximum Gasteiger partial charge on any atom is 0.421 e. The van der Waals surface area contributed by atoms with Gasteiger partial charge >= 0.3 is 5.95 Å². The zero-order valence-corrected chi connectivity index (χ0v) is 12.4. The van der Waals surface area contributed by atoms with E-state index in [1.807, 2.05) is 71.2 Å². The third kappa shape index (κ3) is 3.74. The summed E-state index contributed by atoms with van der Waals surface area (Å²) in [6.45, 7) is 1.76. The van der Waals surface area contributed by atoms with Crippen LogP contribution in [0.4, 0.5) is 5.95 Å². The van der Waals surface area contributed by atoms with Gasteiger partial charge in [-0.1, -0.05) is 12.5 Å². The number of amidine groups is 1. The molecule has 2 heterocycles. The molecule has 0 aliphatic rings. The van der Waals surface area contributed by atoms with Crippen LogP contribution in [0.5, 0.6) is 0 Å². The fourth-order valence-corrected chi connectivity index (χ4v) is 1.70. The van der Waals surface area contributed by atoms with E-state index in [4.69, 9.17) is 0 Å². The minimum absolute atomic E-state index is 0. The normalized spacial score (nSPS) is 11.8. The molecule has 2 aromatic rings. The van der Waals surface area contributed by atoms with E-state index in [2.05, 4.69) is 20.4 Å². The molecular weight excluding hydrogens is 268 g/mol. The zero-order valence-electron chi connectivity index (χ0n) is 12.4. The minimum Gasteiger partial charge on any atom is -0.319 e. The Morgan fingerprint density at radius 1 is 1.05 bits per heavy atom. The van der Waals surface area contributed by atoms with Gasteiger partial charge in [-0.15, -0.1) is 10.2 Å².